The van der Waals surface area contributed by atoms with Gasteiger partial charge in [0.1, 0.15) is 11.4 Å². The highest BCUT2D eigenvalue weighted by Crippen LogP contribution is 2.37. The van der Waals surface area contributed by atoms with Gasteiger partial charge in [-0.25, -0.2) is 18.3 Å². The van der Waals surface area contributed by atoms with Crippen LogP contribution in [0, 0.1) is 11.8 Å². The van der Waals surface area contributed by atoms with Crippen LogP contribution in [0.3, 0.4) is 0 Å². The molecule has 11 heteroatoms. The van der Waals surface area contributed by atoms with Crippen LogP contribution in [0.5, 0.6) is 0 Å². The van der Waals surface area contributed by atoms with Crippen molar-refractivity contribution >= 4 is 23.1 Å². The standard InChI is InChI=1S/C23H29F2N7O2/c1-13(2)14-3-5-15(6-4-14)32-12-18(20(29-32)21(24)25)27-23(34)17-9-26-31-8-7-19(28-22(17)31)30-10-16(33)11-30/h7-9,12-16,21,33H,3-6,10-11H2,1-2H3,(H,27,34). The fourth-order valence-corrected chi connectivity index (χ4v) is 4.91. The lowest BCUT2D eigenvalue weighted by molar-refractivity contribution is 0.102. The number of hydrogen-bond donors (Lipinski definition) is 2. The van der Waals surface area contributed by atoms with E-state index in [4.69, 9.17) is 0 Å². The molecule has 5 rings (SSSR count). The minimum atomic E-state index is -2.81. The molecular weight excluding hydrogens is 444 g/mol. The minimum absolute atomic E-state index is 0.00681. The minimum Gasteiger partial charge on any atom is -0.389 e. The van der Waals surface area contributed by atoms with E-state index in [2.05, 4.69) is 34.3 Å². The van der Waals surface area contributed by atoms with E-state index in [0.717, 1.165) is 25.7 Å². The zero-order valence-electron chi connectivity index (χ0n) is 19.2. The molecule has 0 spiro atoms. The van der Waals surface area contributed by atoms with E-state index >= 15 is 0 Å². The zero-order valence-corrected chi connectivity index (χ0v) is 19.2. The number of hydrogen-bond acceptors (Lipinski definition) is 6. The first kappa shape index (κ1) is 22.7. The van der Waals surface area contributed by atoms with Gasteiger partial charge < -0.3 is 15.3 Å². The van der Waals surface area contributed by atoms with Gasteiger partial charge in [0.25, 0.3) is 12.3 Å². The molecule has 0 aromatic carbocycles. The van der Waals surface area contributed by atoms with Crippen LogP contribution in [0.1, 0.15) is 68.0 Å². The first-order valence-electron chi connectivity index (χ1n) is 11.8. The number of halogens is 2. The van der Waals surface area contributed by atoms with E-state index in [0.29, 0.717) is 36.4 Å². The highest BCUT2D eigenvalue weighted by molar-refractivity contribution is 6.08. The molecule has 0 radical (unpaired) electrons. The Kier molecular flexibility index (Phi) is 5.97. The normalized spacial score (nSPS) is 21.4. The number of β-amino-alcohol motifs (C(OH)–C–C–N with tert-alkyl or cyclic N) is 1. The third-order valence-corrected chi connectivity index (χ3v) is 7.06. The van der Waals surface area contributed by atoms with E-state index in [1.165, 1.54) is 16.9 Å². The van der Waals surface area contributed by atoms with Gasteiger partial charge in [-0.05, 0) is 43.6 Å². The summed E-state index contributed by atoms with van der Waals surface area (Å²) in [6.07, 6.45) is 5.20. The highest BCUT2D eigenvalue weighted by atomic mass is 19.3. The first-order chi connectivity index (χ1) is 16.3. The summed E-state index contributed by atoms with van der Waals surface area (Å²) in [6, 6.07) is 1.80. The van der Waals surface area contributed by atoms with Crippen LogP contribution in [0.15, 0.2) is 24.7 Å². The lowest BCUT2D eigenvalue weighted by atomic mass is 9.80. The number of aromatic nitrogens is 5. The monoisotopic (exact) mass is 473 g/mol. The Morgan fingerprint density at radius 2 is 1.94 bits per heavy atom. The fraction of sp³-hybridized carbons (Fsp3) is 0.565. The molecule has 2 N–H and O–H groups in total. The van der Waals surface area contributed by atoms with E-state index in [9.17, 15) is 18.7 Å². The Balaban J connectivity index is 1.36. The molecule has 0 unspecified atom stereocenters. The van der Waals surface area contributed by atoms with E-state index in [1.54, 1.807) is 16.9 Å². The maximum Gasteiger partial charge on any atom is 0.284 e. The van der Waals surface area contributed by atoms with Crippen molar-refractivity contribution in [3.05, 3.63) is 35.9 Å². The second-order valence-electron chi connectivity index (χ2n) is 9.65. The summed E-state index contributed by atoms with van der Waals surface area (Å²) in [5.41, 5.74) is 0.0640. The third kappa shape index (κ3) is 4.24. The van der Waals surface area contributed by atoms with Crippen molar-refractivity contribution in [1.82, 2.24) is 24.4 Å². The number of fused-ring (bicyclic) bond motifs is 1. The Labute approximate surface area is 195 Å². The number of nitrogens with zero attached hydrogens (tertiary/aromatic N) is 6. The number of anilines is 2. The zero-order chi connectivity index (χ0) is 24.0. The molecule has 9 nitrogen and oxygen atoms in total. The fourth-order valence-electron chi connectivity index (χ4n) is 4.91. The number of alkyl halides is 2. The van der Waals surface area contributed by atoms with Gasteiger partial charge in [-0.3, -0.25) is 9.48 Å². The number of aliphatic hydroxyl groups excluding tert-OH is 1. The summed E-state index contributed by atoms with van der Waals surface area (Å²) in [5, 5.41) is 20.5. The Morgan fingerprint density at radius 1 is 1.21 bits per heavy atom. The number of nitrogens with one attached hydrogen (secondary N) is 1. The lowest BCUT2D eigenvalue weighted by Crippen LogP contribution is -2.51. The van der Waals surface area contributed by atoms with Crippen molar-refractivity contribution in [2.45, 2.75) is 58.1 Å². The third-order valence-electron chi connectivity index (χ3n) is 7.06. The summed E-state index contributed by atoms with van der Waals surface area (Å²) in [4.78, 5) is 19.4. The summed E-state index contributed by atoms with van der Waals surface area (Å²) >= 11 is 0. The molecule has 1 saturated carbocycles. The average Bonchev–Trinajstić information content (AvgIpc) is 3.41. The van der Waals surface area contributed by atoms with E-state index in [-0.39, 0.29) is 17.3 Å². The van der Waals surface area contributed by atoms with Crippen LogP contribution in [-0.2, 0) is 0 Å². The number of carbonyl (C=O) groups is 1. The molecule has 34 heavy (non-hydrogen) atoms. The number of rotatable bonds is 6. The van der Waals surface area contributed by atoms with Crippen LogP contribution in [0.25, 0.3) is 5.65 Å². The van der Waals surface area contributed by atoms with Crippen molar-refractivity contribution in [1.29, 1.82) is 0 Å². The van der Waals surface area contributed by atoms with E-state index in [1.807, 2.05) is 4.90 Å². The average molecular weight is 474 g/mol. The highest BCUT2D eigenvalue weighted by Gasteiger charge is 2.29. The van der Waals surface area contributed by atoms with Gasteiger partial charge in [-0.2, -0.15) is 10.2 Å². The van der Waals surface area contributed by atoms with Crippen molar-refractivity contribution < 1.29 is 18.7 Å². The smallest absolute Gasteiger partial charge is 0.284 e. The number of carbonyl (C=O) groups excluding carboxylic acids is 1. The summed E-state index contributed by atoms with van der Waals surface area (Å²) in [5.74, 6) is 1.29. The van der Waals surface area contributed by atoms with Crippen LogP contribution < -0.4 is 10.2 Å². The molecule has 2 aliphatic rings. The summed E-state index contributed by atoms with van der Waals surface area (Å²) in [6.45, 7) is 5.36. The summed E-state index contributed by atoms with van der Waals surface area (Å²) in [7, 11) is 0. The van der Waals surface area contributed by atoms with Gasteiger partial charge in [-0.1, -0.05) is 13.8 Å². The second-order valence-corrected chi connectivity index (χ2v) is 9.65. The molecule has 0 bridgehead atoms. The topological polar surface area (TPSA) is 101 Å². The SMILES string of the molecule is CC(C)C1CCC(n2cc(NC(=O)c3cnn4ccc(N5CC(O)C5)nc34)c(C(F)F)n2)CC1. The molecule has 182 valence electrons. The quantitative estimate of drug-likeness (QED) is 0.567. The van der Waals surface area contributed by atoms with Gasteiger partial charge in [0.05, 0.1) is 24.0 Å². The Morgan fingerprint density at radius 3 is 2.59 bits per heavy atom. The van der Waals surface area contributed by atoms with Crippen molar-refractivity contribution in [3.8, 4) is 0 Å². The van der Waals surface area contributed by atoms with Gasteiger partial charge in [0.2, 0.25) is 0 Å². The molecule has 2 fully saturated rings. The Bertz CT molecular complexity index is 1180. The molecule has 3 aromatic heterocycles. The predicted octanol–water partition coefficient (Wildman–Crippen LogP) is 3.68. The van der Waals surface area contributed by atoms with Gasteiger partial charge in [-0.15, -0.1) is 0 Å². The molecule has 3 aromatic rings. The maximum absolute atomic E-state index is 13.8. The maximum atomic E-state index is 13.8. The molecule has 1 saturated heterocycles. The Hall–Kier alpha value is -3.08. The number of aliphatic hydroxyl groups is 1. The van der Waals surface area contributed by atoms with Gasteiger partial charge in [0.15, 0.2) is 11.3 Å². The molecular formula is C23H29F2N7O2. The molecule has 4 heterocycles. The van der Waals surface area contributed by atoms with Crippen LogP contribution in [0.2, 0.25) is 0 Å². The molecule has 1 aliphatic carbocycles. The van der Waals surface area contributed by atoms with Crippen molar-refractivity contribution in [3.63, 3.8) is 0 Å². The van der Waals surface area contributed by atoms with Crippen LogP contribution in [-0.4, -0.2) is 54.6 Å². The summed E-state index contributed by atoms with van der Waals surface area (Å²) < 4.78 is 30.6. The number of amides is 1. The van der Waals surface area contributed by atoms with Gasteiger partial charge >= 0.3 is 0 Å². The van der Waals surface area contributed by atoms with E-state index < -0.39 is 24.1 Å². The predicted molar refractivity (Wildman–Crippen MR) is 122 cm³/mol. The van der Waals surface area contributed by atoms with Crippen molar-refractivity contribution in [2.24, 2.45) is 11.8 Å². The van der Waals surface area contributed by atoms with Crippen LogP contribution >= 0.6 is 0 Å². The molecule has 1 aliphatic heterocycles. The first-order valence-corrected chi connectivity index (χ1v) is 11.8. The largest absolute Gasteiger partial charge is 0.389 e. The molecule has 0 atom stereocenters. The molecule has 1 amide bonds. The van der Waals surface area contributed by atoms with Crippen molar-refractivity contribution in [2.75, 3.05) is 23.3 Å². The van der Waals surface area contributed by atoms with Gasteiger partial charge in [0, 0.05) is 25.5 Å². The van der Waals surface area contributed by atoms with Crippen LogP contribution in [0.4, 0.5) is 20.3 Å². The second kappa shape index (κ2) is 8.94. The lowest BCUT2D eigenvalue weighted by Gasteiger charge is -2.36.